The van der Waals surface area contributed by atoms with Gasteiger partial charge in [0.15, 0.2) is 0 Å². The minimum Gasteiger partial charge on any atom is -0.492 e. The average molecular weight is 605 g/mol. The molecule has 0 radical (unpaired) electrons. The Hall–Kier alpha value is -1.07. The van der Waals surface area contributed by atoms with Crippen LogP contribution in [0.3, 0.4) is 0 Å². The smallest absolute Gasteiger partial charge is 0.293 e. The van der Waals surface area contributed by atoms with E-state index in [4.69, 9.17) is 4.74 Å². The van der Waals surface area contributed by atoms with Gasteiger partial charge in [-0.3, -0.25) is 14.5 Å². The highest BCUT2D eigenvalue weighted by atomic mass is 127. The number of hydrogen-bond donors (Lipinski definition) is 0. The van der Waals surface area contributed by atoms with Crippen molar-refractivity contribution in [2.75, 3.05) is 6.61 Å². The van der Waals surface area contributed by atoms with Crippen LogP contribution in [0.4, 0.5) is 4.79 Å². The number of thioether (sulfide) groups is 1. The Morgan fingerprint density at radius 2 is 1.96 bits per heavy atom. The third kappa shape index (κ3) is 4.86. The second-order valence-corrected chi connectivity index (χ2v) is 9.40. The van der Waals surface area contributed by atoms with Gasteiger partial charge in [0.1, 0.15) is 5.75 Å². The molecule has 0 saturated carbocycles. The van der Waals surface area contributed by atoms with Crippen LogP contribution in [-0.2, 0) is 11.3 Å². The first-order valence-corrected chi connectivity index (χ1v) is 11.3. The van der Waals surface area contributed by atoms with Crippen molar-refractivity contribution < 1.29 is 14.3 Å². The summed E-state index contributed by atoms with van der Waals surface area (Å²) in [5.74, 6) is 0.479. The Kier molecular flexibility index (Phi) is 6.85. The minimum absolute atomic E-state index is 0.244. The molecule has 2 amide bonds. The lowest BCUT2D eigenvalue weighted by Crippen LogP contribution is -2.27. The summed E-state index contributed by atoms with van der Waals surface area (Å²) in [6.07, 6.45) is 1.76. The molecular formula is C20H17I2NO3S. The van der Waals surface area contributed by atoms with E-state index < -0.39 is 0 Å². The first-order chi connectivity index (χ1) is 12.9. The molecular weight excluding hydrogens is 588 g/mol. The zero-order chi connectivity index (χ0) is 19.6. The maximum atomic E-state index is 12.8. The number of nitrogens with zero attached hydrogens (tertiary/aromatic N) is 1. The van der Waals surface area contributed by atoms with E-state index in [1.54, 1.807) is 6.08 Å². The van der Waals surface area contributed by atoms with Gasteiger partial charge in [-0.05, 0) is 94.6 Å². The number of imide groups is 1. The van der Waals surface area contributed by atoms with Crippen LogP contribution in [0.5, 0.6) is 5.75 Å². The van der Waals surface area contributed by atoms with Crippen molar-refractivity contribution in [1.29, 1.82) is 0 Å². The molecule has 0 aliphatic carbocycles. The van der Waals surface area contributed by atoms with Crippen molar-refractivity contribution in [3.63, 3.8) is 0 Å². The number of hydrogen-bond acceptors (Lipinski definition) is 4. The summed E-state index contributed by atoms with van der Waals surface area (Å²) in [6, 6.07) is 11.8. The molecule has 2 aromatic rings. The van der Waals surface area contributed by atoms with E-state index >= 15 is 0 Å². The zero-order valence-corrected chi connectivity index (χ0v) is 19.9. The molecule has 1 fully saturated rings. The minimum atomic E-state index is -0.261. The second-order valence-electron chi connectivity index (χ2n) is 6.00. The first-order valence-electron chi connectivity index (χ1n) is 8.31. The molecule has 0 atom stereocenters. The predicted octanol–water partition coefficient (Wildman–Crippen LogP) is 5.84. The zero-order valence-electron chi connectivity index (χ0n) is 14.8. The summed E-state index contributed by atoms with van der Waals surface area (Å²) in [5, 5.41) is -0.244. The highest BCUT2D eigenvalue weighted by Crippen LogP contribution is 2.36. The van der Waals surface area contributed by atoms with Crippen molar-refractivity contribution in [3.05, 3.63) is 65.1 Å². The highest BCUT2D eigenvalue weighted by molar-refractivity contribution is 14.1. The monoisotopic (exact) mass is 605 g/mol. The molecule has 0 spiro atoms. The molecule has 4 nitrogen and oxygen atoms in total. The van der Waals surface area contributed by atoms with Gasteiger partial charge in [0.25, 0.3) is 11.1 Å². The quantitative estimate of drug-likeness (QED) is 0.318. The van der Waals surface area contributed by atoms with Gasteiger partial charge in [0, 0.05) is 9.13 Å². The molecule has 27 heavy (non-hydrogen) atoms. The number of carbonyl (C=O) groups excluding carboxylic acids is 2. The molecule has 1 aliphatic heterocycles. The van der Waals surface area contributed by atoms with Crippen LogP contribution in [-0.4, -0.2) is 22.7 Å². The lowest BCUT2D eigenvalue weighted by atomic mass is 10.1. The Bertz CT molecular complexity index is 943. The molecule has 3 rings (SSSR count). The van der Waals surface area contributed by atoms with Crippen LogP contribution < -0.4 is 4.74 Å². The molecule has 1 heterocycles. The number of amides is 2. The molecule has 0 aromatic heterocycles. The fourth-order valence-electron chi connectivity index (χ4n) is 2.75. The summed E-state index contributed by atoms with van der Waals surface area (Å²) >= 11 is 5.44. The van der Waals surface area contributed by atoms with Gasteiger partial charge >= 0.3 is 0 Å². The van der Waals surface area contributed by atoms with Crippen LogP contribution in [0.15, 0.2) is 41.3 Å². The summed E-state index contributed by atoms with van der Waals surface area (Å²) in [6.45, 7) is 4.73. The van der Waals surface area contributed by atoms with Crippen molar-refractivity contribution >= 4 is 74.2 Å². The van der Waals surface area contributed by atoms with Crippen molar-refractivity contribution in [2.24, 2.45) is 0 Å². The van der Waals surface area contributed by atoms with E-state index in [9.17, 15) is 9.59 Å². The van der Waals surface area contributed by atoms with E-state index in [1.807, 2.05) is 50.2 Å². The number of aryl methyl sites for hydroxylation is 1. The molecule has 2 aromatic carbocycles. The molecule has 140 valence electrons. The number of halogens is 2. The average Bonchev–Trinajstić information content (AvgIpc) is 2.85. The molecule has 0 bridgehead atoms. The predicted molar refractivity (Wildman–Crippen MR) is 126 cm³/mol. The van der Waals surface area contributed by atoms with Gasteiger partial charge in [0.2, 0.25) is 0 Å². The van der Waals surface area contributed by atoms with E-state index in [0.29, 0.717) is 11.5 Å². The van der Waals surface area contributed by atoms with E-state index in [1.165, 1.54) is 4.90 Å². The van der Waals surface area contributed by atoms with E-state index in [-0.39, 0.29) is 17.7 Å². The number of ether oxygens (including phenoxy) is 1. The van der Waals surface area contributed by atoms with Gasteiger partial charge in [-0.25, -0.2) is 0 Å². The number of carbonyl (C=O) groups is 2. The fraction of sp³-hybridized carbons (Fsp3) is 0.200. The molecule has 0 unspecified atom stereocenters. The molecule has 0 N–H and O–H groups in total. The Labute approximate surface area is 190 Å². The lowest BCUT2D eigenvalue weighted by molar-refractivity contribution is -0.123. The van der Waals surface area contributed by atoms with Crippen LogP contribution in [0.25, 0.3) is 6.08 Å². The topological polar surface area (TPSA) is 46.6 Å². The third-order valence-corrected chi connectivity index (χ3v) is 6.24. The summed E-state index contributed by atoms with van der Waals surface area (Å²) in [5.41, 5.74) is 2.86. The Balaban J connectivity index is 1.91. The normalized spacial score (nSPS) is 15.7. The largest absolute Gasteiger partial charge is 0.492 e. The Morgan fingerprint density at radius 3 is 2.67 bits per heavy atom. The fourth-order valence-corrected chi connectivity index (χ4v) is 5.63. The highest BCUT2D eigenvalue weighted by Gasteiger charge is 2.35. The SMILES string of the molecule is CCOc1c(I)cc(I)cc1/C=C1\SC(=O)N(Cc2cccc(C)c2)C1=O. The van der Waals surface area contributed by atoms with Gasteiger partial charge in [0.05, 0.1) is 21.6 Å². The molecule has 1 aliphatic rings. The van der Waals surface area contributed by atoms with Crippen molar-refractivity contribution in [2.45, 2.75) is 20.4 Å². The number of rotatable bonds is 5. The summed E-state index contributed by atoms with van der Waals surface area (Å²) in [4.78, 5) is 27.0. The lowest BCUT2D eigenvalue weighted by Gasteiger charge is -2.13. The summed E-state index contributed by atoms with van der Waals surface area (Å²) < 4.78 is 7.78. The third-order valence-electron chi connectivity index (χ3n) is 3.91. The van der Waals surface area contributed by atoms with Gasteiger partial charge < -0.3 is 4.74 Å². The maximum absolute atomic E-state index is 12.8. The summed E-state index contributed by atoms with van der Waals surface area (Å²) in [7, 11) is 0. The Morgan fingerprint density at radius 1 is 1.19 bits per heavy atom. The molecule has 7 heteroatoms. The van der Waals surface area contributed by atoms with Crippen LogP contribution in [0, 0.1) is 14.1 Å². The van der Waals surface area contributed by atoms with E-state index in [2.05, 4.69) is 45.2 Å². The molecule has 1 saturated heterocycles. The number of benzene rings is 2. The van der Waals surface area contributed by atoms with Gasteiger partial charge in [-0.15, -0.1) is 0 Å². The van der Waals surface area contributed by atoms with E-state index in [0.717, 1.165) is 41.3 Å². The first kappa shape index (κ1) is 20.7. The van der Waals surface area contributed by atoms with Crippen molar-refractivity contribution in [3.8, 4) is 5.75 Å². The second kappa shape index (κ2) is 8.95. The van der Waals surface area contributed by atoms with Crippen LogP contribution >= 0.6 is 56.9 Å². The van der Waals surface area contributed by atoms with Crippen LogP contribution in [0.2, 0.25) is 0 Å². The maximum Gasteiger partial charge on any atom is 0.293 e. The van der Waals surface area contributed by atoms with Crippen LogP contribution in [0.1, 0.15) is 23.6 Å². The van der Waals surface area contributed by atoms with Crippen molar-refractivity contribution in [1.82, 2.24) is 4.90 Å². The van der Waals surface area contributed by atoms with Gasteiger partial charge in [-0.1, -0.05) is 29.8 Å². The van der Waals surface area contributed by atoms with Gasteiger partial charge in [-0.2, -0.15) is 0 Å². The standard InChI is InChI=1S/C20H17I2NO3S/c1-3-26-18-14(8-15(21)10-16(18)22)9-17-19(24)23(20(25)27-17)11-13-6-4-5-12(2)7-13/h4-10H,3,11H2,1-2H3/b17-9-.